The number of benzene rings is 3. The van der Waals surface area contributed by atoms with Crippen molar-refractivity contribution < 1.29 is 19.4 Å². The molecule has 4 heteroatoms. The number of rotatable bonds is 7. The molecule has 0 atom stereocenters. The highest BCUT2D eigenvalue weighted by Gasteiger charge is 2.15. The van der Waals surface area contributed by atoms with Crippen LogP contribution in [0.15, 0.2) is 72.8 Å². The van der Waals surface area contributed by atoms with Gasteiger partial charge in [0.15, 0.2) is 11.5 Å². The van der Waals surface area contributed by atoms with Gasteiger partial charge in [-0.1, -0.05) is 72.3 Å². The molecule has 0 fully saturated rings. The van der Waals surface area contributed by atoms with Gasteiger partial charge in [-0.3, -0.25) is 0 Å². The van der Waals surface area contributed by atoms with Crippen molar-refractivity contribution in [3.8, 4) is 11.5 Å². The van der Waals surface area contributed by atoms with Crippen LogP contribution in [0.4, 0.5) is 0 Å². The second-order valence-electron chi connectivity index (χ2n) is 6.38. The molecule has 0 aromatic heterocycles. The zero-order chi connectivity index (χ0) is 19.9. The van der Waals surface area contributed by atoms with Crippen LogP contribution in [0.25, 0.3) is 11.6 Å². The largest absolute Gasteiger partial charge is 0.493 e. The van der Waals surface area contributed by atoms with Gasteiger partial charge < -0.3 is 14.6 Å². The van der Waals surface area contributed by atoms with Gasteiger partial charge in [0.1, 0.15) is 6.61 Å². The Bertz CT molecular complexity index is 973. The average Bonchev–Trinajstić information content (AvgIpc) is 2.72. The van der Waals surface area contributed by atoms with Crippen molar-refractivity contribution in [3.63, 3.8) is 0 Å². The number of carbonyl (C=O) groups is 1. The Hall–Kier alpha value is -3.53. The van der Waals surface area contributed by atoms with Gasteiger partial charge in [-0.2, -0.15) is 0 Å². The Morgan fingerprint density at radius 1 is 0.964 bits per heavy atom. The molecule has 3 rings (SSSR count). The number of hydrogen-bond acceptors (Lipinski definition) is 3. The van der Waals surface area contributed by atoms with E-state index in [1.165, 1.54) is 5.56 Å². The van der Waals surface area contributed by atoms with E-state index in [1.807, 2.05) is 61.5 Å². The monoisotopic (exact) mass is 374 g/mol. The number of hydrogen-bond donors (Lipinski definition) is 1. The van der Waals surface area contributed by atoms with E-state index in [4.69, 9.17) is 9.47 Å². The van der Waals surface area contributed by atoms with Gasteiger partial charge in [0.2, 0.25) is 0 Å². The molecule has 0 saturated carbocycles. The van der Waals surface area contributed by atoms with Crippen LogP contribution in [0.3, 0.4) is 0 Å². The standard InChI is InChI=1S/C24H22O4/c1-17-11-13-18(14-12-17)16-28-23-20(9-6-10-22(23)27-2)15-21(24(25)26)19-7-4-3-5-8-19/h3-15H,16H2,1-2H3,(H,25,26)/b21-15-. The fourth-order valence-electron chi connectivity index (χ4n) is 2.84. The Kier molecular flexibility index (Phi) is 6.12. The summed E-state index contributed by atoms with van der Waals surface area (Å²) in [7, 11) is 1.57. The number of carboxylic acid groups (broad SMARTS) is 1. The first kappa shape index (κ1) is 19.2. The fourth-order valence-corrected chi connectivity index (χ4v) is 2.84. The fraction of sp³-hybridized carbons (Fsp3) is 0.125. The molecule has 0 aliphatic rings. The molecule has 142 valence electrons. The van der Waals surface area contributed by atoms with E-state index in [0.717, 1.165) is 5.56 Å². The Morgan fingerprint density at radius 2 is 1.68 bits per heavy atom. The number of methoxy groups -OCH3 is 1. The Labute approximate surface area is 164 Å². The van der Waals surface area contributed by atoms with Crippen molar-refractivity contribution in [3.05, 3.63) is 95.1 Å². The summed E-state index contributed by atoms with van der Waals surface area (Å²) in [5, 5.41) is 9.70. The number of aryl methyl sites for hydroxylation is 1. The molecule has 3 aromatic rings. The van der Waals surface area contributed by atoms with E-state index >= 15 is 0 Å². The van der Waals surface area contributed by atoms with Crippen molar-refractivity contribution in [1.29, 1.82) is 0 Å². The zero-order valence-corrected chi connectivity index (χ0v) is 15.9. The smallest absolute Gasteiger partial charge is 0.336 e. The molecule has 1 N–H and O–H groups in total. The number of aliphatic carboxylic acids is 1. The molecule has 0 amide bonds. The van der Waals surface area contributed by atoms with E-state index < -0.39 is 5.97 Å². The molecular weight excluding hydrogens is 352 g/mol. The van der Waals surface area contributed by atoms with Gasteiger partial charge >= 0.3 is 5.97 Å². The molecule has 0 spiro atoms. The van der Waals surface area contributed by atoms with E-state index in [9.17, 15) is 9.90 Å². The van der Waals surface area contributed by atoms with Crippen LogP contribution >= 0.6 is 0 Å². The summed E-state index contributed by atoms with van der Waals surface area (Å²) in [5.41, 5.74) is 3.66. The second-order valence-corrected chi connectivity index (χ2v) is 6.38. The molecular formula is C24H22O4. The van der Waals surface area contributed by atoms with Crippen LogP contribution < -0.4 is 9.47 Å². The predicted molar refractivity (Wildman–Crippen MR) is 110 cm³/mol. The number of para-hydroxylation sites is 1. The summed E-state index contributed by atoms with van der Waals surface area (Å²) in [6, 6.07) is 22.5. The summed E-state index contributed by atoms with van der Waals surface area (Å²) < 4.78 is 11.5. The summed E-state index contributed by atoms with van der Waals surface area (Å²) >= 11 is 0. The minimum Gasteiger partial charge on any atom is -0.493 e. The predicted octanol–water partition coefficient (Wildman–Crippen LogP) is 5.21. The van der Waals surface area contributed by atoms with Crippen LogP contribution in [0.2, 0.25) is 0 Å². The first-order chi connectivity index (χ1) is 13.6. The second kappa shape index (κ2) is 8.91. The molecule has 0 aliphatic heterocycles. The van der Waals surface area contributed by atoms with E-state index in [1.54, 1.807) is 31.4 Å². The lowest BCUT2D eigenvalue weighted by Gasteiger charge is -2.14. The van der Waals surface area contributed by atoms with E-state index in [0.29, 0.717) is 29.2 Å². The third kappa shape index (κ3) is 4.60. The zero-order valence-electron chi connectivity index (χ0n) is 15.9. The van der Waals surface area contributed by atoms with E-state index in [2.05, 4.69) is 0 Å². The first-order valence-electron chi connectivity index (χ1n) is 8.94. The van der Waals surface area contributed by atoms with Gasteiger partial charge in [0, 0.05) is 5.56 Å². The van der Waals surface area contributed by atoms with Gasteiger partial charge in [-0.25, -0.2) is 4.79 Å². The molecule has 0 heterocycles. The van der Waals surface area contributed by atoms with Crippen molar-refractivity contribution in [2.45, 2.75) is 13.5 Å². The topological polar surface area (TPSA) is 55.8 Å². The van der Waals surface area contributed by atoms with Crippen molar-refractivity contribution in [2.75, 3.05) is 7.11 Å². The quantitative estimate of drug-likeness (QED) is 0.456. The van der Waals surface area contributed by atoms with Crippen LogP contribution in [0.1, 0.15) is 22.3 Å². The highest BCUT2D eigenvalue weighted by atomic mass is 16.5. The lowest BCUT2D eigenvalue weighted by atomic mass is 10.0. The summed E-state index contributed by atoms with van der Waals surface area (Å²) in [4.78, 5) is 11.8. The average molecular weight is 374 g/mol. The van der Waals surface area contributed by atoms with Gasteiger partial charge in [-0.05, 0) is 30.2 Å². The highest BCUT2D eigenvalue weighted by molar-refractivity contribution is 6.20. The number of ether oxygens (including phenoxy) is 2. The van der Waals surface area contributed by atoms with Crippen LogP contribution in [-0.2, 0) is 11.4 Å². The maximum Gasteiger partial charge on any atom is 0.336 e. The van der Waals surface area contributed by atoms with Gasteiger partial charge in [-0.15, -0.1) is 0 Å². The molecule has 0 unspecified atom stereocenters. The molecule has 3 aromatic carbocycles. The lowest BCUT2D eigenvalue weighted by Crippen LogP contribution is -2.02. The molecule has 0 saturated heterocycles. The normalized spacial score (nSPS) is 11.1. The van der Waals surface area contributed by atoms with Crippen LogP contribution in [0, 0.1) is 6.92 Å². The van der Waals surface area contributed by atoms with Crippen molar-refractivity contribution in [2.24, 2.45) is 0 Å². The minimum absolute atomic E-state index is 0.189. The third-order valence-electron chi connectivity index (χ3n) is 4.35. The summed E-state index contributed by atoms with van der Waals surface area (Å²) in [6.45, 7) is 2.39. The van der Waals surface area contributed by atoms with Gasteiger partial charge in [0.25, 0.3) is 0 Å². The van der Waals surface area contributed by atoms with Crippen LogP contribution in [0.5, 0.6) is 11.5 Å². The van der Waals surface area contributed by atoms with Crippen LogP contribution in [-0.4, -0.2) is 18.2 Å². The molecule has 0 aliphatic carbocycles. The molecule has 28 heavy (non-hydrogen) atoms. The summed E-state index contributed by atoms with van der Waals surface area (Å²) in [6.07, 6.45) is 1.62. The van der Waals surface area contributed by atoms with Crippen molar-refractivity contribution >= 4 is 17.6 Å². The third-order valence-corrected chi connectivity index (χ3v) is 4.35. The molecule has 0 radical (unpaired) electrons. The maximum absolute atomic E-state index is 11.8. The minimum atomic E-state index is -1.00. The van der Waals surface area contributed by atoms with Gasteiger partial charge in [0.05, 0.1) is 12.7 Å². The lowest BCUT2D eigenvalue weighted by molar-refractivity contribution is -0.130. The summed E-state index contributed by atoms with van der Waals surface area (Å²) in [5.74, 6) is 0.0671. The maximum atomic E-state index is 11.8. The number of carboxylic acids is 1. The Balaban J connectivity index is 1.98. The van der Waals surface area contributed by atoms with E-state index in [-0.39, 0.29) is 5.57 Å². The first-order valence-corrected chi connectivity index (χ1v) is 8.94. The highest BCUT2D eigenvalue weighted by Crippen LogP contribution is 2.34. The molecule has 4 nitrogen and oxygen atoms in total. The van der Waals surface area contributed by atoms with Crippen molar-refractivity contribution in [1.82, 2.24) is 0 Å². The molecule has 0 bridgehead atoms. The SMILES string of the molecule is COc1cccc(/C=C(\C(=O)O)c2ccccc2)c1OCc1ccc(C)cc1. The Morgan fingerprint density at radius 3 is 2.32 bits per heavy atom.